The van der Waals surface area contributed by atoms with Gasteiger partial charge < -0.3 is 14.6 Å². The van der Waals surface area contributed by atoms with Crippen molar-refractivity contribution in [3.05, 3.63) is 36.0 Å². The van der Waals surface area contributed by atoms with E-state index >= 15 is 0 Å². The van der Waals surface area contributed by atoms with E-state index < -0.39 is 0 Å². The molecule has 0 saturated heterocycles. The Hall–Kier alpha value is -1.76. The summed E-state index contributed by atoms with van der Waals surface area (Å²) < 4.78 is 7.28. The standard InChI is InChI=1S/C18H24N2O/c1-3-4-13-20-15-16(8-7-11-19-12-14-21-2)17-9-5-6-10-18(17)20/h5-6,9-10,15,19H,7-8,11-14H2,1-2H3. The third-order valence-corrected chi connectivity index (χ3v) is 3.58. The first-order valence-corrected chi connectivity index (χ1v) is 7.53. The highest BCUT2D eigenvalue weighted by atomic mass is 16.5. The van der Waals surface area contributed by atoms with Crippen LogP contribution >= 0.6 is 0 Å². The van der Waals surface area contributed by atoms with Gasteiger partial charge in [-0.2, -0.15) is 0 Å². The van der Waals surface area contributed by atoms with Crippen LogP contribution in [-0.4, -0.2) is 31.4 Å². The van der Waals surface area contributed by atoms with Gasteiger partial charge in [-0.05, 0) is 37.9 Å². The molecule has 0 spiro atoms. The van der Waals surface area contributed by atoms with Gasteiger partial charge in [0.15, 0.2) is 0 Å². The van der Waals surface area contributed by atoms with Crippen LogP contribution in [0.2, 0.25) is 0 Å². The van der Waals surface area contributed by atoms with Gasteiger partial charge in [-0.3, -0.25) is 0 Å². The van der Waals surface area contributed by atoms with E-state index in [4.69, 9.17) is 4.74 Å². The number of aromatic nitrogens is 1. The first kappa shape index (κ1) is 15.6. The van der Waals surface area contributed by atoms with Crippen molar-refractivity contribution in [3.8, 4) is 11.8 Å². The summed E-state index contributed by atoms with van der Waals surface area (Å²) in [6, 6.07) is 8.58. The lowest BCUT2D eigenvalue weighted by molar-refractivity contribution is 0.199. The maximum Gasteiger partial charge on any atom is 0.0837 e. The fourth-order valence-corrected chi connectivity index (χ4v) is 2.52. The summed E-state index contributed by atoms with van der Waals surface area (Å²) in [5, 5.41) is 4.75. The molecule has 21 heavy (non-hydrogen) atoms. The number of ether oxygens (including phenoxy) is 1. The van der Waals surface area contributed by atoms with Crippen LogP contribution in [0.3, 0.4) is 0 Å². The van der Waals surface area contributed by atoms with Crippen molar-refractivity contribution in [2.24, 2.45) is 0 Å². The fraction of sp³-hybridized carbons (Fsp3) is 0.444. The van der Waals surface area contributed by atoms with Crippen LogP contribution in [0, 0.1) is 11.8 Å². The maximum atomic E-state index is 5.03. The van der Waals surface area contributed by atoms with Crippen LogP contribution in [0.25, 0.3) is 10.9 Å². The molecule has 0 aliphatic carbocycles. The lowest BCUT2D eigenvalue weighted by atomic mass is 10.1. The molecule has 3 nitrogen and oxygen atoms in total. The average molecular weight is 284 g/mol. The minimum atomic E-state index is 0.767. The Morgan fingerprint density at radius 1 is 1.24 bits per heavy atom. The molecule has 0 bridgehead atoms. The molecule has 1 heterocycles. The van der Waals surface area contributed by atoms with Crippen LogP contribution in [0.1, 0.15) is 18.9 Å². The van der Waals surface area contributed by atoms with Gasteiger partial charge in [0.2, 0.25) is 0 Å². The second-order valence-corrected chi connectivity index (χ2v) is 5.07. The first-order valence-electron chi connectivity index (χ1n) is 7.53. The third kappa shape index (κ3) is 4.35. The monoisotopic (exact) mass is 284 g/mol. The number of hydrogen-bond donors (Lipinski definition) is 1. The Bertz CT molecular complexity index is 619. The zero-order chi connectivity index (χ0) is 14.9. The molecule has 112 valence electrons. The van der Waals surface area contributed by atoms with Crippen molar-refractivity contribution in [1.29, 1.82) is 0 Å². The van der Waals surface area contributed by atoms with Gasteiger partial charge in [0.25, 0.3) is 0 Å². The molecular weight excluding hydrogens is 260 g/mol. The fourth-order valence-electron chi connectivity index (χ4n) is 2.52. The SMILES string of the molecule is CC#CCn1cc(CCCNCCOC)c2ccccc21. The van der Waals surface area contributed by atoms with E-state index in [-0.39, 0.29) is 0 Å². The molecule has 1 aromatic heterocycles. The summed E-state index contributed by atoms with van der Waals surface area (Å²) in [6.45, 7) is 5.37. The number of nitrogens with zero attached hydrogens (tertiary/aromatic N) is 1. The summed E-state index contributed by atoms with van der Waals surface area (Å²) in [7, 11) is 1.73. The normalized spacial score (nSPS) is 10.6. The van der Waals surface area contributed by atoms with E-state index in [1.165, 1.54) is 16.5 Å². The molecular formula is C18H24N2O. The molecule has 0 fully saturated rings. The Morgan fingerprint density at radius 2 is 2.10 bits per heavy atom. The molecule has 0 unspecified atom stereocenters. The topological polar surface area (TPSA) is 26.2 Å². The highest BCUT2D eigenvalue weighted by Crippen LogP contribution is 2.22. The molecule has 0 saturated carbocycles. The van der Waals surface area contributed by atoms with E-state index in [0.29, 0.717) is 0 Å². The van der Waals surface area contributed by atoms with Crippen molar-refractivity contribution in [2.75, 3.05) is 26.8 Å². The van der Waals surface area contributed by atoms with E-state index in [9.17, 15) is 0 Å². The van der Waals surface area contributed by atoms with Crippen LogP contribution in [0.5, 0.6) is 0 Å². The highest BCUT2D eigenvalue weighted by molar-refractivity contribution is 5.84. The molecule has 2 aromatic rings. The van der Waals surface area contributed by atoms with E-state index in [2.05, 4.69) is 52.2 Å². The Labute approximate surface area is 127 Å². The molecule has 3 heteroatoms. The molecule has 2 rings (SSSR count). The van der Waals surface area contributed by atoms with Gasteiger partial charge >= 0.3 is 0 Å². The van der Waals surface area contributed by atoms with Gasteiger partial charge in [-0.1, -0.05) is 24.1 Å². The van der Waals surface area contributed by atoms with Crippen molar-refractivity contribution in [2.45, 2.75) is 26.3 Å². The number of rotatable bonds is 8. The average Bonchev–Trinajstić information content (AvgIpc) is 2.87. The minimum absolute atomic E-state index is 0.767. The largest absolute Gasteiger partial charge is 0.383 e. The lowest BCUT2D eigenvalue weighted by Crippen LogP contribution is -2.20. The van der Waals surface area contributed by atoms with Crippen molar-refractivity contribution in [3.63, 3.8) is 0 Å². The summed E-state index contributed by atoms with van der Waals surface area (Å²) in [5.74, 6) is 6.12. The van der Waals surface area contributed by atoms with Gasteiger partial charge in [-0.15, -0.1) is 5.92 Å². The molecule has 1 aromatic carbocycles. The Balaban J connectivity index is 2.00. The minimum Gasteiger partial charge on any atom is -0.383 e. The first-order chi connectivity index (χ1) is 10.4. The quantitative estimate of drug-likeness (QED) is 0.596. The van der Waals surface area contributed by atoms with E-state index in [1.807, 2.05) is 6.92 Å². The Morgan fingerprint density at radius 3 is 2.90 bits per heavy atom. The summed E-state index contributed by atoms with van der Waals surface area (Å²) in [5.41, 5.74) is 2.69. The zero-order valence-electron chi connectivity index (χ0n) is 13.0. The lowest BCUT2D eigenvalue weighted by Gasteiger charge is -2.03. The van der Waals surface area contributed by atoms with Crippen LogP contribution < -0.4 is 5.32 Å². The number of hydrogen-bond acceptors (Lipinski definition) is 2. The second kappa shape index (κ2) is 8.51. The number of nitrogens with one attached hydrogen (secondary N) is 1. The van der Waals surface area contributed by atoms with Crippen LogP contribution in [0.4, 0.5) is 0 Å². The number of para-hydroxylation sites is 1. The van der Waals surface area contributed by atoms with Crippen molar-refractivity contribution < 1.29 is 4.74 Å². The zero-order valence-corrected chi connectivity index (χ0v) is 13.0. The molecule has 1 N–H and O–H groups in total. The summed E-state index contributed by atoms with van der Waals surface area (Å²) in [6.07, 6.45) is 4.48. The van der Waals surface area contributed by atoms with Gasteiger partial charge in [0.1, 0.15) is 0 Å². The predicted molar refractivity (Wildman–Crippen MR) is 88.5 cm³/mol. The number of benzene rings is 1. The maximum absolute atomic E-state index is 5.03. The summed E-state index contributed by atoms with van der Waals surface area (Å²) in [4.78, 5) is 0. The second-order valence-electron chi connectivity index (χ2n) is 5.07. The number of fused-ring (bicyclic) bond motifs is 1. The van der Waals surface area contributed by atoms with Gasteiger partial charge in [-0.25, -0.2) is 0 Å². The third-order valence-electron chi connectivity index (χ3n) is 3.58. The van der Waals surface area contributed by atoms with E-state index in [1.54, 1.807) is 7.11 Å². The van der Waals surface area contributed by atoms with E-state index in [0.717, 1.165) is 39.1 Å². The summed E-state index contributed by atoms with van der Waals surface area (Å²) >= 11 is 0. The van der Waals surface area contributed by atoms with Crippen molar-refractivity contribution >= 4 is 10.9 Å². The highest BCUT2D eigenvalue weighted by Gasteiger charge is 2.06. The van der Waals surface area contributed by atoms with Gasteiger partial charge in [0, 0.05) is 30.8 Å². The number of aryl methyl sites for hydroxylation is 1. The number of methoxy groups -OCH3 is 1. The Kier molecular flexibility index (Phi) is 6.33. The molecule has 0 amide bonds. The van der Waals surface area contributed by atoms with Crippen LogP contribution in [0.15, 0.2) is 30.5 Å². The van der Waals surface area contributed by atoms with Gasteiger partial charge in [0.05, 0.1) is 13.2 Å². The molecule has 0 aliphatic heterocycles. The van der Waals surface area contributed by atoms with Crippen LogP contribution in [-0.2, 0) is 17.7 Å². The smallest absolute Gasteiger partial charge is 0.0837 e. The van der Waals surface area contributed by atoms with Crippen molar-refractivity contribution in [1.82, 2.24) is 9.88 Å². The molecule has 0 aliphatic rings. The molecule has 0 atom stereocenters. The predicted octanol–water partition coefficient (Wildman–Crippen LogP) is 2.83. The molecule has 0 radical (unpaired) electrons.